The lowest BCUT2D eigenvalue weighted by molar-refractivity contribution is -0.169. The molecule has 0 unspecified atom stereocenters. The van der Waals surface area contributed by atoms with Crippen molar-refractivity contribution in [3.8, 4) is 0 Å². The highest BCUT2D eigenvalue weighted by molar-refractivity contribution is 5.91. The smallest absolute Gasteiger partial charge is 0.339 e. The van der Waals surface area contributed by atoms with E-state index in [1.807, 2.05) is 30.3 Å². The van der Waals surface area contributed by atoms with Gasteiger partial charge in [-0.2, -0.15) is 0 Å². The van der Waals surface area contributed by atoms with Crippen LogP contribution < -0.4 is 5.32 Å². The van der Waals surface area contributed by atoms with Gasteiger partial charge in [-0.3, -0.25) is 9.63 Å². The molecule has 0 aliphatic rings. The maximum absolute atomic E-state index is 11.2. The number of hydrogen-bond donors (Lipinski definition) is 1. The van der Waals surface area contributed by atoms with E-state index >= 15 is 0 Å². The Morgan fingerprint density at radius 2 is 1.94 bits per heavy atom. The molecule has 0 bridgehead atoms. The average molecular weight is 222 g/mol. The van der Waals surface area contributed by atoms with Gasteiger partial charge < -0.3 is 5.32 Å². The van der Waals surface area contributed by atoms with E-state index in [2.05, 4.69) is 5.32 Å². The highest BCUT2D eigenvalue weighted by Gasteiger charge is 2.17. The second kappa shape index (κ2) is 5.87. The number of urea groups is 1. The normalized spacial score (nSPS) is 9.62. The van der Waals surface area contributed by atoms with Crippen LogP contribution in [0.4, 0.5) is 4.79 Å². The van der Waals surface area contributed by atoms with Crippen LogP contribution in [-0.2, 0) is 16.2 Å². The van der Waals surface area contributed by atoms with Crippen LogP contribution in [0, 0.1) is 0 Å². The molecule has 86 valence electrons. The Morgan fingerprint density at radius 1 is 1.31 bits per heavy atom. The number of nitrogens with one attached hydrogen (secondary N) is 1. The number of nitrogens with zero attached hydrogens (tertiary/aromatic N) is 1. The molecule has 0 aliphatic heterocycles. The summed E-state index contributed by atoms with van der Waals surface area (Å²) in [5.41, 5.74) is 0.887. The Kier molecular flexibility index (Phi) is 4.47. The van der Waals surface area contributed by atoms with Crippen molar-refractivity contribution in [3.63, 3.8) is 0 Å². The Bertz CT molecular complexity index is 365. The molecule has 0 saturated carbocycles. The standard InChI is InChI=1S/C11H14N2O3/c1-9(14)13(11(15)12-2)16-8-10-6-4-3-5-7-10/h3-7H,8H2,1-2H3,(H,12,15). The van der Waals surface area contributed by atoms with Gasteiger partial charge in [-0.1, -0.05) is 30.3 Å². The number of rotatable bonds is 3. The summed E-state index contributed by atoms with van der Waals surface area (Å²) < 4.78 is 0. The van der Waals surface area contributed by atoms with Crippen molar-refractivity contribution in [2.45, 2.75) is 13.5 Å². The highest BCUT2D eigenvalue weighted by Crippen LogP contribution is 2.03. The van der Waals surface area contributed by atoms with Gasteiger partial charge in [0.1, 0.15) is 6.61 Å². The van der Waals surface area contributed by atoms with Crippen LogP contribution in [0.2, 0.25) is 0 Å². The summed E-state index contributed by atoms with van der Waals surface area (Å²) in [6, 6.07) is 8.71. The predicted octanol–water partition coefficient (Wildman–Crippen LogP) is 1.31. The van der Waals surface area contributed by atoms with Gasteiger partial charge in [0, 0.05) is 14.0 Å². The molecule has 0 saturated heterocycles. The van der Waals surface area contributed by atoms with Gasteiger partial charge in [-0.05, 0) is 5.56 Å². The van der Waals surface area contributed by atoms with Crippen molar-refractivity contribution in [3.05, 3.63) is 35.9 Å². The van der Waals surface area contributed by atoms with Crippen LogP contribution in [0.25, 0.3) is 0 Å². The molecule has 0 radical (unpaired) electrons. The number of carbonyl (C=O) groups is 2. The van der Waals surface area contributed by atoms with E-state index < -0.39 is 11.9 Å². The third kappa shape index (κ3) is 3.36. The van der Waals surface area contributed by atoms with Gasteiger partial charge in [0.2, 0.25) is 0 Å². The first-order chi connectivity index (χ1) is 7.65. The molecule has 0 heterocycles. The zero-order valence-corrected chi connectivity index (χ0v) is 9.27. The summed E-state index contributed by atoms with van der Waals surface area (Å²) in [5, 5.41) is 3.03. The molecular formula is C11H14N2O3. The lowest BCUT2D eigenvalue weighted by Gasteiger charge is -2.17. The molecular weight excluding hydrogens is 208 g/mol. The van der Waals surface area contributed by atoms with E-state index in [4.69, 9.17) is 4.84 Å². The van der Waals surface area contributed by atoms with Gasteiger partial charge in [0.25, 0.3) is 5.91 Å². The van der Waals surface area contributed by atoms with Crippen LogP contribution in [0.3, 0.4) is 0 Å². The minimum Gasteiger partial charge on any atom is -0.339 e. The molecule has 1 N–H and O–H groups in total. The minimum atomic E-state index is -0.580. The third-order valence-corrected chi connectivity index (χ3v) is 1.89. The Hall–Kier alpha value is -1.88. The van der Waals surface area contributed by atoms with Crippen LogP contribution >= 0.6 is 0 Å². The molecule has 0 fully saturated rings. The number of benzene rings is 1. The second-order valence-electron chi connectivity index (χ2n) is 3.13. The topological polar surface area (TPSA) is 58.6 Å². The number of imide groups is 1. The SMILES string of the molecule is CNC(=O)N(OCc1ccccc1)C(C)=O. The minimum absolute atomic E-state index is 0.174. The molecule has 1 aromatic carbocycles. The largest absolute Gasteiger partial charge is 0.348 e. The fourth-order valence-electron chi connectivity index (χ4n) is 1.11. The Labute approximate surface area is 94.0 Å². The molecule has 1 aromatic rings. The van der Waals surface area contributed by atoms with E-state index in [-0.39, 0.29) is 6.61 Å². The van der Waals surface area contributed by atoms with Crippen molar-refractivity contribution in [2.24, 2.45) is 0 Å². The fraction of sp³-hybridized carbons (Fsp3) is 0.273. The summed E-state index contributed by atoms with van der Waals surface area (Å²) in [5.74, 6) is -0.463. The van der Waals surface area contributed by atoms with E-state index in [1.165, 1.54) is 14.0 Å². The summed E-state index contributed by atoms with van der Waals surface area (Å²) in [6.07, 6.45) is 0. The quantitative estimate of drug-likeness (QED) is 0.784. The van der Waals surface area contributed by atoms with Crippen LogP contribution in [-0.4, -0.2) is 24.0 Å². The first-order valence-electron chi connectivity index (χ1n) is 4.84. The summed E-state index contributed by atoms with van der Waals surface area (Å²) >= 11 is 0. The lowest BCUT2D eigenvalue weighted by Crippen LogP contribution is -2.40. The monoisotopic (exact) mass is 222 g/mol. The third-order valence-electron chi connectivity index (χ3n) is 1.89. The zero-order chi connectivity index (χ0) is 12.0. The Balaban J connectivity index is 2.57. The van der Waals surface area contributed by atoms with Gasteiger partial charge >= 0.3 is 6.03 Å². The number of amides is 3. The number of hydroxylamine groups is 2. The van der Waals surface area contributed by atoms with E-state index in [1.54, 1.807) is 0 Å². The average Bonchev–Trinajstić information content (AvgIpc) is 2.30. The van der Waals surface area contributed by atoms with E-state index in [0.717, 1.165) is 5.56 Å². The molecule has 0 aliphatic carbocycles. The number of carbonyl (C=O) groups excluding carboxylic acids is 2. The zero-order valence-electron chi connectivity index (χ0n) is 9.27. The van der Waals surface area contributed by atoms with Crippen LogP contribution in [0.5, 0.6) is 0 Å². The lowest BCUT2D eigenvalue weighted by atomic mass is 10.2. The van der Waals surface area contributed by atoms with Gasteiger partial charge in [0.05, 0.1) is 0 Å². The molecule has 5 heteroatoms. The molecule has 0 spiro atoms. The van der Waals surface area contributed by atoms with Gasteiger partial charge in [-0.25, -0.2) is 4.79 Å². The molecule has 1 rings (SSSR count). The molecule has 16 heavy (non-hydrogen) atoms. The van der Waals surface area contributed by atoms with E-state index in [9.17, 15) is 9.59 Å². The van der Waals surface area contributed by atoms with Crippen LogP contribution in [0.1, 0.15) is 12.5 Å². The Morgan fingerprint density at radius 3 is 2.44 bits per heavy atom. The van der Waals surface area contributed by atoms with E-state index in [0.29, 0.717) is 5.06 Å². The maximum Gasteiger partial charge on any atom is 0.348 e. The second-order valence-corrected chi connectivity index (χ2v) is 3.13. The van der Waals surface area contributed by atoms with Crippen molar-refractivity contribution in [1.29, 1.82) is 0 Å². The fourth-order valence-corrected chi connectivity index (χ4v) is 1.11. The highest BCUT2D eigenvalue weighted by atomic mass is 16.7. The first-order valence-corrected chi connectivity index (χ1v) is 4.84. The molecule has 0 atom stereocenters. The summed E-state index contributed by atoms with van der Waals surface area (Å²) in [6.45, 7) is 1.44. The molecule has 0 aromatic heterocycles. The van der Waals surface area contributed by atoms with Crippen molar-refractivity contribution < 1.29 is 14.4 Å². The maximum atomic E-state index is 11.2. The molecule has 5 nitrogen and oxygen atoms in total. The summed E-state index contributed by atoms with van der Waals surface area (Å²) in [7, 11) is 1.43. The van der Waals surface area contributed by atoms with Gasteiger partial charge in [0.15, 0.2) is 0 Å². The molecule has 3 amide bonds. The summed E-state index contributed by atoms with van der Waals surface area (Å²) in [4.78, 5) is 27.5. The van der Waals surface area contributed by atoms with Crippen molar-refractivity contribution >= 4 is 11.9 Å². The van der Waals surface area contributed by atoms with Gasteiger partial charge in [-0.15, -0.1) is 5.06 Å². The van der Waals surface area contributed by atoms with Crippen molar-refractivity contribution in [2.75, 3.05) is 7.05 Å². The predicted molar refractivity (Wildman–Crippen MR) is 58.2 cm³/mol. The van der Waals surface area contributed by atoms with Crippen LogP contribution in [0.15, 0.2) is 30.3 Å². The first kappa shape index (κ1) is 12.2. The number of hydrogen-bond acceptors (Lipinski definition) is 3. The van der Waals surface area contributed by atoms with Crippen molar-refractivity contribution in [1.82, 2.24) is 10.4 Å².